The number of rotatable bonds is 3. The van der Waals surface area contributed by atoms with E-state index < -0.39 is 0 Å². The Hall–Kier alpha value is -1.07. The van der Waals surface area contributed by atoms with E-state index in [9.17, 15) is 0 Å². The average Bonchev–Trinajstić information content (AvgIpc) is 2.18. The van der Waals surface area contributed by atoms with Gasteiger partial charge in [-0.3, -0.25) is 0 Å². The van der Waals surface area contributed by atoms with E-state index in [0.29, 0.717) is 0 Å². The molecule has 0 spiro atoms. The molecule has 0 saturated carbocycles. The van der Waals surface area contributed by atoms with Gasteiger partial charge >= 0.3 is 0 Å². The monoisotopic (exact) mass is 183 g/mol. The number of aromatic nitrogens is 3. The van der Waals surface area contributed by atoms with Crippen molar-refractivity contribution in [3.05, 3.63) is 18.5 Å². The molecule has 0 saturated heterocycles. The summed E-state index contributed by atoms with van der Waals surface area (Å²) in [4.78, 5) is 2.13. The highest BCUT2D eigenvalue weighted by Gasteiger charge is 1.83. The smallest absolute Gasteiger partial charge is 0.0529 e. The van der Waals surface area contributed by atoms with Crippen LogP contribution in [0.5, 0.6) is 0 Å². The molecule has 0 radical (unpaired) electrons. The number of nitrogens with zero attached hydrogens (tertiary/aromatic N) is 4. The Bertz CT molecular complexity index is 150. The highest BCUT2D eigenvalue weighted by atomic mass is 15.3. The number of nitrogens with two attached hydrogens (primary N) is 1. The van der Waals surface area contributed by atoms with Crippen LogP contribution in [-0.2, 0) is 0 Å². The van der Waals surface area contributed by atoms with Gasteiger partial charge in [0.1, 0.15) is 0 Å². The van der Waals surface area contributed by atoms with Gasteiger partial charge in [0.2, 0.25) is 0 Å². The first-order valence-corrected chi connectivity index (χ1v) is 4.20. The fourth-order valence-electron chi connectivity index (χ4n) is 0.612. The number of hydrogen-bond donors (Lipinski definition) is 1. The first kappa shape index (κ1) is 11.9. The summed E-state index contributed by atoms with van der Waals surface area (Å²) in [5, 5.41) is 10.1. The van der Waals surface area contributed by atoms with Crippen molar-refractivity contribution in [1.29, 1.82) is 0 Å². The quantitative estimate of drug-likeness (QED) is 0.701. The minimum absolute atomic E-state index is 0.804. The SMILES string of the molecule is CN(C)CCCN.c1cnnnc1. The molecule has 1 aromatic heterocycles. The van der Waals surface area contributed by atoms with Gasteiger partial charge < -0.3 is 10.6 Å². The van der Waals surface area contributed by atoms with Gasteiger partial charge in [0.05, 0.1) is 12.4 Å². The molecule has 13 heavy (non-hydrogen) atoms. The predicted octanol–water partition coefficient (Wildman–Crippen LogP) is -0.232. The van der Waals surface area contributed by atoms with Crippen molar-refractivity contribution >= 4 is 0 Å². The Balaban J connectivity index is 0.000000223. The van der Waals surface area contributed by atoms with Crippen LogP contribution >= 0.6 is 0 Å². The van der Waals surface area contributed by atoms with Gasteiger partial charge in [-0.15, -0.1) is 10.2 Å². The van der Waals surface area contributed by atoms with Gasteiger partial charge in [0, 0.05) is 0 Å². The zero-order chi connectivity index (χ0) is 9.94. The van der Waals surface area contributed by atoms with E-state index in [4.69, 9.17) is 5.73 Å². The highest BCUT2D eigenvalue weighted by molar-refractivity contribution is 4.69. The lowest BCUT2D eigenvalue weighted by Crippen LogP contribution is -2.16. The van der Waals surface area contributed by atoms with E-state index in [0.717, 1.165) is 19.5 Å². The summed E-state index contributed by atoms with van der Waals surface area (Å²) in [5.74, 6) is 0. The molecule has 0 aliphatic carbocycles. The lowest BCUT2D eigenvalue weighted by molar-refractivity contribution is 0.403. The number of hydrogen-bond acceptors (Lipinski definition) is 5. The Morgan fingerprint density at radius 2 is 1.85 bits per heavy atom. The maximum Gasteiger partial charge on any atom is 0.0529 e. The van der Waals surface area contributed by atoms with Crippen molar-refractivity contribution in [1.82, 2.24) is 20.3 Å². The van der Waals surface area contributed by atoms with Gasteiger partial charge in [0.25, 0.3) is 0 Å². The molecule has 1 aromatic rings. The highest BCUT2D eigenvalue weighted by Crippen LogP contribution is 1.76. The standard InChI is InChI=1S/C5H14N2.C3H3N3/c1-7(2)5-3-4-6;1-2-4-6-5-3-1/h3-6H2,1-2H3;1-3H. The maximum absolute atomic E-state index is 5.25. The fraction of sp³-hybridized carbons (Fsp3) is 0.625. The van der Waals surface area contributed by atoms with E-state index in [2.05, 4.69) is 34.4 Å². The second-order valence-electron chi connectivity index (χ2n) is 2.76. The first-order chi connectivity index (χ1) is 6.27. The fourth-order valence-corrected chi connectivity index (χ4v) is 0.612. The summed E-state index contributed by atoms with van der Waals surface area (Å²) in [6.07, 6.45) is 4.26. The second kappa shape index (κ2) is 9.02. The van der Waals surface area contributed by atoms with Crippen LogP contribution in [0.25, 0.3) is 0 Å². The van der Waals surface area contributed by atoms with Gasteiger partial charge in [-0.2, -0.15) is 0 Å². The Labute approximate surface area is 79.0 Å². The largest absolute Gasteiger partial charge is 0.330 e. The molecule has 0 atom stereocenters. The lowest BCUT2D eigenvalue weighted by atomic mass is 10.4. The summed E-state index contributed by atoms with van der Waals surface area (Å²) < 4.78 is 0. The van der Waals surface area contributed by atoms with Crippen molar-refractivity contribution in [3.8, 4) is 0 Å². The second-order valence-corrected chi connectivity index (χ2v) is 2.76. The van der Waals surface area contributed by atoms with Gasteiger partial charge in [0.15, 0.2) is 0 Å². The zero-order valence-corrected chi connectivity index (χ0v) is 8.22. The minimum atomic E-state index is 0.804. The molecule has 0 amide bonds. The molecule has 0 bridgehead atoms. The maximum atomic E-state index is 5.25. The lowest BCUT2D eigenvalue weighted by Gasteiger charge is -2.05. The van der Waals surface area contributed by atoms with Crippen molar-refractivity contribution in [2.24, 2.45) is 5.73 Å². The van der Waals surface area contributed by atoms with E-state index in [-0.39, 0.29) is 0 Å². The van der Waals surface area contributed by atoms with Crippen LogP contribution in [0.3, 0.4) is 0 Å². The summed E-state index contributed by atoms with van der Waals surface area (Å²) in [6, 6.07) is 1.72. The van der Waals surface area contributed by atoms with E-state index >= 15 is 0 Å². The molecule has 0 aliphatic heterocycles. The minimum Gasteiger partial charge on any atom is -0.330 e. The average molecular weight is 183 g/mol. The molecule has 0 fully saturated rings. The molecule has 2 N–H and O–H groups in total. The Morgan fingerprint density at radius 3 is 2.00 bits per heavy atom. The molecular formula is C8H17N5. The molecule has 0 aromatic carbocycles. The third-order valence-corrected chi connectivity index (χ3v) is 1.22. The Morgan fingerprint density at radius 1 is 1.23 bits per heavy atom. The summed E-state index contributed by atoms with van der Waals surface area (Å²) >= 11 is 0. The first-order valence-electron chi connectivity index (χ1n) is 4.20. The van der Waals surface area contributed by atoms with E-state index in [1.54, 1.807) is 18.5 Å². The topological polar surface area (TPSA) is 67.9 Å². The van der Waals surface area contributed by atoms with Crippen LogP contribution in [0.1, 0.15) is 6.42 Å². The van der Waals surface area contributed by atoms with Crippen molar-refractivity contribution in [2.75, 3.05) is 27.2 Å². The summed E-state index contributed by atoms with van der Waals surface area (Å²) in [5.41, 5.74) is 5.25. The molecule has 0 unspecified atom stereocenters. The van der Waals surface area contributed by atoms with Gasteiger partial charge in [-0.1, -0.05) is 0 Å². The summed E-state index contributed by atoms with van der Waals surface area (Å²) in [6.45, 7) is 1.91. The molecule has 1 heterocycles. The molecule has 5 heteroatoms. The van der Waals surface area contributed by atoms with Crippen LogP contribution in [0.15, 0.2) is 18.5 Å². The van der Waals surface area contributed by atoms with Gasteiger partial charge in [-0.25, -0.2) is 0 Å². The van der Waals surface area contributed by atoms with Crippen LogP contribution in [0.4, 0.5) is 0 Å². The van der Waals surface area contributed by atoms with Crippen LogP contribution in [0.2, 0.25) is 0 Å². The molecule has 5 nitrogen and oxygen atoms in total. The van der Waals surface area contributed by atoms with Crippen LogP contribution < -0.4 is 5.73 Å². The van der Waals surface area contributed by atoms with Crippen molar-refractivity contribution in [3.63, 3.8) is 0 Å². The summed E-state index contributed by atoms with van der Waals surface area (Å²) in [7, 11) is 4.10. The molecule has 74 valence electrons. The predicted molar refractivity (Wildman–Crippen MR) is 52.1 cm³/mol. The molecule has 0 aliphatic rings. The zero-order valence-electron chi connectivity index (χ0n) is 8.22. The third kappa shape index (κ3) is 10.9. The van der Waals surface area contributed by atoms with Crippen molar-refractivity contribution in [2.45, 2.75) is 6.42 Å². The normalized spacial score (nSPS) is 9.23. The molecular weight excluding hydrogens is 166 g/mol. The van der Waals surface area contributed by atoms with Crippen molar-refractivity contribution < 1.29 is 0 Å². The van der Waals surface area contributed by atoms with Gasteiger partial charge in [-0.05, 0) is 44.9 Å². The van der Waals surface area contributed by atoms with Crippen LogP contribution in [-0.4, -0.2) is 47.5 Å². The molecule has 1 rings (SSSR count). The van der Waals surface area contributed by atoms with Crippen LogP contribution in [0, 0.1) is 0 Å². The van der Waals surface area contributed by atoms with E-state index in [1.165, 1.54) is 0 Å². The Kier molecular flexibility index (Phi) is 8.28. The third-order valence-electron chi connectivity index (χ3n) is 1.22. The van der Waals surface area contributed by atoms with E-state index in [1.807, 2.05) is 0 Å².